The zero-order chi connectivity index (χ0) is 13.5. The van der Waals surface area contributed by atoms with E-state index in [9.17, 15) is 0 Å². The van der Waals surface area contributed by atoms with Gasteiger partial charge in [-0.2, -0.15) is 0 Å². The number of nitrogens with one attached hydrogen (secondary N) is 1. The van der Waals surface area contributed by atoms with E-state index in [1.165, 1.54) is 10.6 Å². The van der Waals surface area contributed by atoms with Crippen LogP contribution in [-0.2, 0) is 6.42 Å². The molecule has 0 aliphatic carbocycles. The van der Waals surface area contributed by atoms with Crippen molar-refractivity contribution in [1.29, 1.82) is 0 Å². The van der Waals surface area contributed by atoms with Crippen LogP contribution in [0.25, 0.3) is 0 Å². The predicted octanol–water partition coefficient (Wildman–Crippen LogP) is 3.05. The standard InChI is InChI=1S/C15H21N3S/c1-12(15-18-9-10-19-15)11-17-8-2-3-13-4-6-14(16)7-5-13/h4-7,9-10,12,17H,2-3,8,11,16H2,1H3. The molecule has 0 saturated heterocycles. The third kappa shape index (κ3) is 4.65. The number of nitrogens with zero attached hydrogens (tertiary/aromatic N) is 1. The van der Waals surface area contributed by atoms with Crippen molar-refractivity contribution in [2.75, 3.05) is 18.8 Å². The number of nitrogens with two attached hydrogens (primary N) is 1. The first-order valence-electron chi connectivity index (χ1n) is 6.70. The molecule has 0 radical (unpaired) electrons. The molecular formula is C15H21N3S. The largest absolute Gasteiger partial charge is 0.399 e. The summed E-state index contributed by atoms with van der Waals surface area (Å²) in [6.45, 7) is 4.25. The first kappa shape index (κ1) is 14.0. The van der Waals surface area contributed by atoms with E-state index in [4.69, 9.17) is 5.73 Å². The van der Waals surface area contributed by atoms with Crippen LogP contribution in [0.3, 0.4) is 0 Å². The number of aryl methyl sites for hydroxylation is 1. The smallest absolute Gasteiger partial charge is 0.0965 e. The summed E-state index contributed by atoms with van der Waals surface area (Å²) in [5, 5.41) is 6.75. The van der Waals surface area contributed by atoms with Crippen molar-refractivity contribution >= 4 is 17.0 Å². The van der Waals surface area contributed by atoms with Crippen molar-refractivity contribution in [2.45, 2.75) is 25.7 Å². The molecule has 0 bridgehead atoms. The van der Waals surface area contributed by atoms with Gasteiger partial charge in [0.2, 0.25) is 0 Å². The van der Waals surface area contributed by atoms with Gasteiger partial charge in [-0.25, -0.2) is 4.98 Å². The Morgan fingerprint density at radius 3 is 2.79 bits per heavy atom. The summed E-state index contributed by atoms with van der Waals surface area (Å²) < 4.78 is 0. The lowest BCUT2D eigenvalue weighted by Gasteiger charge is -2.10. The maximum atomic E-state index is 5.67. The highest BCUT2D eigenvalue weighted by Gasteiger charge is 2.06. The fraction of sp³-hybridized carbons (Fsp3) is 0.400. The quantitative estimate of drug-likeness (QED) is 0.603. The van der Waals surface area contributed by atoms with Crippen LogP contribution in [0.5, 0.6) is 0 Å². The molecule has 0 spiro atoms. The van der Waals surface area contributed by atoms with Crippen molar-refractivity contribution < 1.29 is 0 Å². The summed E-state index contributed by atoms with van der Waals surface area (Å²) in [5.74, 6) is 0.497. The zero-order valence-corrected chi connectivity index (χ0v) is 12.1. The molecular weight excluding hydrogens is 254 g/mol. The molecule has 0 amide bonds. The Hall–Kier alpha value is -1.39. The Kier molecular flexibility index (Phi) is 5.36. The van der Waals surface area contributed by atoms with E-state index >= 15 is 0 Å². The van der Waals surface area contributed by atoms with Crippen molar-refractivity contribution in [3.8, 4) is 0 Å². The average Bonchev–Trinajstić information content (AvgIpc) is 2.94. The fourth-order valence-electron chi connectivity index (χ4n) is 1.99. The zero-order valence-electron chi connectivity index (χ0n) is 11.3. The van der Waals surface area contributed by atoms with Crippen LogP contribution in [0.2, 0.25) is 0 Å². The first-order valence-corrected chi connectivity index (χ1v) is 7.58. The SMILES string of the molecule is CC(CNCCCc1ccc(N)cc1)c1nccs1. The molecule has 0 aliphatic heterocycles. The fourth-order valence-corrected chi connectivity index (χ4v) is 2.68. The van der Waals surface area contributed by atoms with Crippen molar-refractivity contribution in [3.05, 3.63) is 46.4 Å². The van der Waals surface area contributed by atoms with E-state index in [2.05, 4.69) is 29.4 Å². The second-order valence-electron chi connectivity index (χ2n) is 4.82. The predicted molar refractivity (Wildman–Crippen MR) is 82.6 cm³/mol. The van der Waals surface area contributed by atoms with Gasteiger partial charge in [-0.15, -0.1) is 11.3 Å². The molecule has 1 heterocycles. The van der Waals surface area contributed by atoms with Gasteiger partial charge in [0, 0.05) is 29.7 Å². The summed E-state index contributed by atoms with van der Waals surface area (Å²) in [5.41, 5.74) is 7.85. The monoisotopic (exact) mass is 275 g/mol. The number of thiazole rings is 1. The maximum Gasteiger partial charge on any atom is 0.0965 e. The Bertz CT molecular complexity index is 465. The first-order chi connectivity index (χ1) is 9.25. The maximum absolute atomic E-state index is 5.67. The molecule has 0 saturated carbocycles. The summed E-state index contributed by atoms with van der Waals surface area (Å²) in [7, 11) is 0. The molecule has 19 heavy (non-hydrogen) atoms. The van der Waals surface area contributed by atoms with Gasteiger partial charge < -0.3 is 11.1 Å². The minimum Gasteiger partial charge on any atom is -0.399 e. The lowest BCUT2D eigenvalue weighted by molar-refractivity contribution is 0.594. The molecule has 1 unspecified atom stereocenters. The van der Waals surface area contributed by atoms with E-state index in [1.54, 1.807) is 11.3 Å². The van der Waals surface area contributed by atoms with Crippen LogP contribution in [0.15, 0.2) is 35.8 Å². The third-order valence-electron chi connectivity index (χ3n) is 3.12. The van der Waals surface area contributed by atoms with Crippen LogP contribution in [0, 0.1) is 0 Å². The minimum atomic E-state index is 0.497. The Labute approximate surface area is 118 Å². The number of hydrogen-bond donors (Lipinski definition) is 2. The molecule has 2 rings (SSSR count). The average molecular weight is 275 g/mol. The Morgan fingerprint density at radius 1 is 1.32 bits per heavy atom. The lowest BCUT2D eigenvalue weighted by Crippen LogP contribution is -2.21. The molecule has 1 aromatic heterocycles. The van der Waals surface area contributed by atoms with E-state index in [-0.39, 0.29) is 0 Å². The highest BCUT2D eigenvalue weighted by atomic mass is 32.1. The topological polar surface area (TPSA) is 50.9 Å². The third-order valence-corrected chi connectivity index (χ3v) is 4.13. The van der Waals surface area contributed by atoms with E-state index in [0.29, 0.717) is 5.92 Å². The van der Waals surface area contributed by atoms with Gasteiger partial charge in [0.1, 0.15) is 0 Å². The molecule has 1 atom stereocenters. The van der Waals surface area contributed by atoms with Crippen LogP contribution in [0.4, 0.5) is 5.69 Å². The second kappa shape index (κ2) is 7.26. The second-order valence-corrected chi connectivity index (χ2v) is 5.75. The van der Waals surface area contributed by atoms with Crippen molar-refractivity contribution in [1.82, 2.24) is 10.3 Å². The number of benzene rings is 1. The Balaban J connectivity index is 1.61. The highest BCUT2D eigenvalue weighted by Crippen LogP contribution is 2.16. The van der Waals surface area contributed by atoms with Crippen LogP contribution in [-0.4, -0.2) is 18.1 Å². The Morgan fingerprint density at radius 2 is 2.11 bits per heavy atom. The van der Waals surface area contributed by atoms with Crippen LogP contribution < -0.4 is 11.1 Å². The van der Waals surface area contributed by atoms with Crippen LogP contribution in [0.1, 0.15) is 29.8 Å². The van der Waals surface area contributed by atoms with Crippen molar-refractivity contribution in [2.24, 2.45) is 0 Å². The molecule has 0 fully saturated rings. The number of nitrogen functional groups attached to an aromatic ring is 1. The van der Waals surface area contributed by atoms with Gasteiger partial charge in [-0.3, -0.25) is 0 Å². The van der Waals surface area contributed by atoms with Gasteiger partial charge >= 0.3 is 0 Å². The normalized spacial score (nSPS) is 12.5. The number of rotatable bonds is 7. The number of anilines is 1. The summed E-state index contributed by atoms with van der Waals surface area (Å²) in [6.07, 6.45) is 4.12. The molecule has 4 heteroatoms. The van der Waals surface area contributed by atoms with Crippen LogP contribution >= 0.6 is 11.3 Å². The number of hydrogen-bond acceptors (Lipinski definition) is 4. The van der Waals surface area contributed by atoms with Gasteiger partial charge in [0.15, 0.2) is 0 Å². The van der Waals surface area contributed by atoms with Gasteiger partial charge in [-0.1, -0.05) is 19.1 Å². The molecule has 0 aliphatic rings. The molecule has 3 nitrogen and oxygen atoms in total. The molecule has 102 valence electrons. The molecule has 2 aromatic rings. The molecule has 3 N–H and O–H groups in total. The minimum absolute atomic E-state index is 0.497. The number of aromatic nitrogens is 1. The summed E-state index contributed by atoms with van der Waals surface area (Å²) >= 11 is 1.73. The van der Waals surface area contributed by atoms with Gasteiger partial charge in [0.25, 0.3) is 0 Å². The lowest BCUT2D eigenvalue weighted by atomic mass is 10.1. The summed E-state index contributed by atoms with van der Waals surface area (Å²) in [6, 6.07) is 8.14. The van der Waals surface area contributed by atoms with Gasteiger partial charge in [-0.05, 0) is 37.1 Å². The van der Waals surface area contributed by atoms with Crippen molar-refractivity contribution in [3.63, 3.8) is 0 Å². The van der Waals surface area contributed by atoms with E-state index in [1.807, 2.05) is 23.7 Å². The van der Waals surface area contributed by atoms with E-state index in [0.717, 1.165) is 31.6 Å². The highest BCUT2D eigenvalue weighted by molar-refractivity contribution is 7.09. The molecule has 1 aromatic carbocycles. The van der Waals surface area contributed by atoms with E-state index < -0.39 is 0 Å². The summed E-state index contributed by atoms with van der Waals surface area (Å²) in [4.78, 5) is 4.34. The van der Waals surface area contributed by atoms with Gasteiger partial charge in [0.05, 0.1) is 5.01 Å².